The molecule has 0 aliphatic heterocycles. The van der Waals surface area contributed by atoms with E-state index in [9.17, 15) is 13.2 Å². The summed E-state index contributed by atoms with van der Waals surface area (Å²) in [5.74, 6) is -0.331. The van der Waals surface area contributed by atoms with Gasteiger partial charge < -0.3 is 5.32 Å². The van der Waals surface area contributed by atoms with Gasteiger partial charge in [0.1, 0.15) is 6.54 Å². The molecule has 0 unspecified atom stereocenters. The second kappa shape index (κ2) is 8.99. The molecule has 6 heteroatoms. The third-order valence-corrected chi connectivity index (χ3v) is 6.07. The molecule has 0 aliphatic carbocycles. The summed E-state index contributed by atoms with van der Waals surface area (Å²) in [5, 5.41) is 2.97. The van der Waals surface area contributed by atoms with Crippen molar-refractivity contribution in [1.82, 2.24) is 5.32 Å². The maximum Gasteiger partial charge on any atom is 0.241 e. The summed E-state index contributed by atoms with van der Waals surface area (Å²) in [6.07, 6.45) is 1.84. The molecule has 1 N–H and O–H groups in total. The average molecular weight is 417 g/mol. The lowest BCUT2D eigenvalue weighted by Gasteiger charge is -2.25. The maximum absolute atomic E-state index is 12.7. The molecule has 2 aromatic carbocycles. The summed E-state index contributed by atoms with van der Waals surface area (Å²) >= 11 is 0. The fourth-order valence-corrected chi connectivity index (χ4v) is 3.97. The van der Waals surface area contributed by atoms with E-state index in [1.807, 2.05) is 50.2 Å². The number of amides is 1. The number of nitrogens with zero attached hydrogens (tertiary/aromatic N) is 1. The Bertz CT molecular complexity index is 928. The summed E-state index contributed by atoms with van der Waals surface area (Å²) in [6, 6.07) is 15.2. The van der Waals surface area contributed by atoms with Crippen LogP contribution in [0.25, 0.3) is 0 Å². The summed E-state index contributed by atoms with van der Waals surface area (Å²) in [7, 11) is -3.60. The van der Waals surface area contributed by atoms with Crippen LogP contribution < -0.4 is 9.62 Å². The molecule has 0 heterocycles. The smallest absolute Gasteiger partial charge is 0.241 e. The number of anilines is 1. The van der Waals surface area contributed by atoms with Crippen LogP contribution in [0.5, 0.6) is 0 Å². The van der Waals surface area contributed by atoms with Gasteiger partial charge in [0.25, 0.3) is 0 Å². The summed E-state index contributed by atoms with van der Waals surface area (Å²) in [5.41, 5.74) is 3.71. The van der Waals surface area contributed by atoms with Gasteiger partial charge >= 0.3 is 0 Å². The van der Waals surface area contributed by atoms with Crippen molar-refractivity contribution in [3.8, 4) is 0 Å². The van der Waals surface area contributed by atoms with Gasteiger partial charge in [0.2, 0.25) is 15.9 Å². The molecule has 0 spiro atoms. The molecule has 158 valence electrons. The van der Waals surface area contributed by atoms with Crippen molar-refractivity contribution < 1.29 is 13.2 Å². The van der Waals surface area contributed by atoms with Gasteiger partial charge in [-0.1, -0.05) is 69.7 Å². The Morgan fingerprint density at radius 3 is 2.03 bits per heavy atom. The first-order chi connectivity index (χ1) is 13.4. The van der Waals surface area contributed by atoms with Crippen LogP contribution in [0.15, 0.2) is 48.5 Å². The molecule has 1 amide bonds. The summed E-state index contributed by atoms with van der Waals surface area (Å²) in [4.78, 5) is 12.7. The number of carbonyl (C=O) groups excluding carboxylic acids is 1. The standard InChI is InChI=1S/C23H32N2O3S/c1-7-21(18-10-8-17(2)9-11-18)24-22(26)16-25(29(6,27)28)20-14-12-19(13-15-20)23(3,4)5/h8-15,21H,7,16H2,1-6H3,(H,24,26)/t21-/m0/s1. The van der Waals surface area contributed by atoms with E-state index in [4.69, 9.17) is 0 Å². The highest BCUT2D eigenvalue weighted by Gasteiger charge is 2.23. The van der Waals surface area contributed by atoms with Crippen LogP contribution in [0, 0.1) is 6.92 Å². The predicted octanol–water partition coefficient (Wildman–Crippen LogP) is 4.33. The van der Waals surface area contributed by atoms with Crippen LogP contribution >= 0.6 is 0 Å². The van der Waals surface area contributed by atoms with Crippen molar-refractivity contribution in [3.05, 3.63) is 65.2 Å². The van der Waals surface area contributed by atoms with Gasteiger partial charge in [-0.25, -0.2) is 8.42 Å². The monoisotopic (exact) mass is 416 g/mol. The third-order valence-electron chi connectivity index (χ3n) is 4.93. The summed E-state index contributed by atoms with van der Waals surface area (Å²) < 4.78 is 25.9. The minimum absolute atomic E-state index is 0.0335. The van der Waals surface area contributed by atoms with E-state index >= 15 is 0 Å². The molecule has 0 radical (unpaired) electrons. The van der Waals surface area contributed by atoms with E-state index < -0.39 is 10.0 Å². The zero-order valence-electron chi connectivity index (χ0n) is 18.2. The minimum Gasteiger partial charge on any atom is -0.348 e. The lowest BCUT2D eigenvalue weighted by molar-refractivity contribution is -0.120. The average Bonchev–Trinajstić information content (AvgIpc) is 2.63. The fourth-order valence-electron chi connectivity index (χ4n) is 3.12. The van der Waals surface area contributed by atoms with Gasteiger partial charge in [-0.05, 0) is 42.0 Å². The Morgan fingerprint density at radius 2 is 1.59 bits per heavy atom. The lowest BCUT2D eigenvalue weighted by atomic mass is 9.87. The highest BCUT2D eigenvalue weighted by Crippen LogP contribution is 2.26. The molecule has 29 heavy (non-hydrogen) atoms. The van der Waals surface area contributed by atoms with E-state index in [1.165, 1.54) is 0 Å². The van der Waals surface area contributed by atoms with Crippen LogP contribution in [0.3, 0.4) is 0 Å². The topological polar surface area (TPSA) is 66.5 Å². The molecular weight excluding hydrogens is 384 g/mol. The van der Waals surface area contributed by atoms with E-state index in [2.05, 4.69) is 26.1 Å². The van der Waals surface area contributed by atoms with Crippen LogP contribution in [0.4, 0.5) is 5.69 Å². The van der Waals surface area contributed by atoms with E-state index in [0.717, 1.165) is 27.3 Å². The van der Waals surface area contributed by atoms with Gasteiger partial charge in [0.15, 0.2) is 0 Å². The number of aryl methyl sites for hydroxylation is 1. The van der Waals surface area contributed by atoms with Gasteiger partial charge in [0.05, 0.1) is 18.0 Å². The zero-order chi connectivity index (χ0) is 21.8. The molecule has 0 saturated carbocycles. The number of hydrogen-bond acceptors (Lipinski definition) is 3. The van der Waals surface area contributed by atoms with Gasteiger partial charge in [-0.2, -0.15) is 0 Å². The van der Waals surface area contributed by atoms with Gasteiger partial charge in [-0.15, -0.1) is 0 Å². The van der Waals surface area contributed by atoms with Crippen molar-refractivity contribution in [3.63, 3.8) is 0 Å². The molecular formula is C23H32N2O3S. The predicted molar refractivity (Wildman–Crippen MR) is 120 cm³/mol. The van der Waals surface area contributed by atoms with E-state index in [0.29, 0.717) is 12.1 Å². The fraction of sp³-hybridized carbons (Fsp3) is 0.435. The highest BCUT2D eigenvalue weighted by molar-refractivity contribution is 7.92. The normalized spacial score (nSPS) is 13.0. The third kappa shape index (κ3) is 6.32. The van der Waals surface area contributed by atoms with Crippen molar-refractivity contribution >= 4 is 21.6 Å². The number of hydrogen-bond donors (Lipinski definition) is 1. The van der Waals surface area contributed by atoms with Crippen LogP contribution in [0.2, 0.25) is 0 Å². The SMILES string of the molecule is CC[C@H](NC(=O)CN(c1ccc(C(C)(C)C)cc1)S(C)(=O)=O)c1ccc(C)cc1. The first kappa shape index (κ1) is 22.9. The quantitative estimate of drug-likeness (QED) is 0.731. The Morgan fingerprint density at radius 1 is 1.03 bits per heavy atom. The second-order valence-corrected chi connectivity index (χ2v) is 10.4. The molecule has 1 atom stereocenters. The van der Waals surface area contributed by atoms with E-state index in [1.54, 1.807) is 12.1 Å². The minimum atomic E-state index is -3.60. The number of nitrogens with one attached hydrogen (secondary N) is 1. The first-order valence-corrected chi connectivity index (χ1v) is 11.7. The molecule has 0 fully saturated rings. The first-order valence-electron chi connectivity index (χ1n) is 9.86. The molecule has 5 nitrogen and oxygen atoms in total. The Labute approximate surface area is 175 Å². The molecule has 0 aliphatic rings. The Balaban J connectivity index is 2.19. The second-order valence-electron chi connectivity index (χ2n) is 8.51. The number of benzene rings is 2. The summed E-state index contributed by atoms with van der Waals surface area (Å²) in [6.45, 7) is 10.0. The van der Waals surface area contributed by atoms with Crippen molar-refractivity contribution in [2.45, 2.75) is 52.5 Å². The van der Waals surface area contributed by atoms with Crippen LogP contribution in [0.1, 0.15) is 56.8 Å². The molecule has 0 bridgehead atoms. The van der Waals surface area contributed by atoms with Crippen molar-refractivity contribution in [2.24, 2.45) is 0 Å². The molecule has 2 aromatic rings. The number of carbonyl (C=O) groups is 1. The van der Waals surface area contributed by atoms with Gasteiger partial charge in [-0.3, -0.25) is 9.10 Å². The lowest BCUT2D eigenvalue weighted by Crippen LogP contribution is -2.41. The number of rotatable bonds is 7. The Kier molecular flexibility index (Phi) is 7.11. The largest absolute Gasteiger partial charge is 0.348 e. The van der Waals surface area contributed by atoms with Crippen LogP contribution in [-0.2, 0) is 20.2 Å². The maximum atomic E-state index is 12.7. The van der Waals surface area contributed by atoms with Crippen molar-refractivity contribution in [1.29, 1.82) is 0 Å². The zero-order valence-corrected chi connectivity index (χ0v) is 19.0. The molecule has 0 aromatic heterocycles. The van der Waals surface area contributed by atoms with Crippen LogP contribution in [-0.4, -0.2) is 27.1 Å². The number of sulfonamides is 1. The van der Waals surface area contributed by atoms with E-state index in [-0.39, 0.29) is 23.9 Å². The molecule has 0 saturated heterocycles. The molecule has 2 rings (SSSR count). The van der Waals surface area contributed by atoms with Crippen molar-refractivity contribution in [2.75, 3.05) is 17.1 Å². The van der Waals surface area contributed by atoms with Gasteiger partial charge in [0, 0.05) is 0 Å². The Hall–Kier alpha value is -2.34. The highest BCUT2D eigenvalue weighted by atomic mass is 32.2.